The van der Waals surface area contributed by atoms with Gasteiger partial charge in [0.2, 0.25) is 0 Å². The summed E-state index contributed by atoms with van der Waals surface area (Å²) >= 11 is 0. The van der Waals surface area contributed by atoms with Gasteiger partial charge in [0.1, 0.15) is 0 Å². The number of hydrogen-bond acceptors (Lipinski definition) is 2. The highest BCUT2D eigenvalue weighted by Gasteiger charge is 2.32. The van der Waals surface area contributed by atoms with Crippen LogP contribution in [0, 0.1) is 0 Å². The van der Waals surface area contributed by atoms with Crippen LogP contribution in [-0.2, 0) is 5.41 Å². The summed E-state index contributed by atoms with van der Waals surface area (Å²) in [6, 6.07) is 9.47. The van der Waals surface area contributed by atoms with Gasteiger partial charge < -0.3 is 10.6 Å². The molecule has 0 spiro atoms. The minimum absolute atomic E-state index is 0.267. The molecule has 110 valence electrons. The number of nitrogens with two attached hydrogens (primary N) is 1. The lowest BCUT2D eigenvalue weighted by molar-refractivity contribution is 0.301. The van der Waals surface area contributed by atoms with E-state index in [1.807, 2.05) is 0 Å². The van der Waals surface area contributed by atoms with Crippen LogP contribution in [0.3, 0.4) is 0 Å². The standard InChI is InChI=1S/C18H28N2/c1-20-12-9-16(13-20)15-5-7-17(8-6-15)18(14-19)10-3-2-4-11-18/h5-8,16H,2-4,9-14,19H2,1H3. The van der Waals surface area contributed by atoms with Crippen LogP contribution in [0.1, 0.15) is 55.6 Å². The van der Waals surface area contributed by atoms with Gasteiger partial charge in [0.15, 0.2) is 0 Å². The molecule has 20 heavy (non-hydrogen) atoms. The summed E-state index contributed by atoms with van der Waals surface area (Å²) in [5, 5.41) is 0. The number of nitrogens with zero attached hydrogens (tertiary/aromatic N) is 1. The van der Waals surface area contributed by atoms with Crippen LogP contribution < -0.4 is 5.73 Å². The van der Waals surface area contributed by atoms with Crippen molar-refractivity contribution in [3.8, 4) is 0 Å². The van der Waals surface area contributed by atoms with Gasteiger partial charge in [0.05, 0.1) is 0 Å². The Bertz CT molecular complexity index is 431. The minimum Gasteiger partial charge on any atom is -0.330 e. The second kappa shape index (κ2) is 5.87. The quantitative estimate of drug-likeness (QED) is 0.915. The lowest BCUT2D eigenvalue weighted by Crippen LogP contribution is -2.37. The zero-order valence-electron chi connectivity index (χ0n) is 12.8. The van der Waals surface area contributed by atoms with E-state index in [2.05, 4.69) is 36.2 Å². The molecular weight excluding hydrogens is 244 g/mol. The monoisotopic (exact) mass is 272 g/mol. The molecule has 1 heterocycles. The third-order valence-electron chi connectivity index (χ3n) is 5.59. The summed E-state index contributed by atoms with van der Waals surface area (Å²) in [6.07, 6.45) is 7.91. The van der Waals surface area contributed by atoms with Crippen LogP contribution in [0.5, 0.6) is 0 Å². The van der Waals surface area contributed by atoms with Gasteiger partial charge in [-0.3, -0.25) is 0 Å². The maximum absolute atomic E-state index is 6.14. The summed E-state index contributed by atoms with van der Waals surface area (Å²) < 4.78 is 0. The van der Waals surface area contributed by atoms with Crippen molar-refractivity contribution >= 4 is 0 Å². The van der Waals surface area contributed by atoms with Crippen molar-refractivity contribution in [2.75, 3.05) is 26.7 Å². The first kappa shape index (κ1) is 14.1. The molecule has 2 heteroatoms. The van der Waals surface area contributed by atoms with Crippen molar-refractivity contribution in [1.82, 2.24) is 4.90 Å². The van der Waals surface area contributed by atoms with Gasteiger partial charge in [0, 0.05) is 18.5 Å². The van der Waals surface area contributed by atoms with E-state index in [0.29, 0.717) is 0 Å². The Morgan fingerprint density at radius 2 is 1.85 bits per heavy atom. The third-order valence-corrected chi connectivity index (χ3v) is 5.59. The van der Waals surface area contributed by atoms with E-state index in [0.717, 1.165) is 12.5 Å². The second-order valence-corrected chi connectivity index (χ2v) is 6.91. The summed E-state index contributed by atoms with van der Waals surface area (Å²) in [4.78, 5) is 2.43. The Kier molecular flexibility index (Phi) is 4.13. The topological polar surface area (TPSA) is 29.3 Å². The molecule has 1 aromatic carbocycles. The molecule has 1 saturated carbocycles. The van der Waals surface area contributed by atoms with E-state index in [-0.39, 0.29) is 5.41 Å². The third kappa shape index (κ3) is 2.64. The molecule has 0 bridgehead atoms. The van der Waals surface area contributed by atoms with E-state index in [9.17, 15) is 0 Å². The molecule has 1 aliphatic carbocycles. The fourth-order valence-electron chi connectivity index (χ4n) is 4.16. The van der Waals surface area contributed by atoms with Crippen LogP contribution >= 0.6 is 0 Å². The van der Waals surface area contributed by atoms with Gasteiger partial charge in [0.25, 0.3) is 0 Å². The maximum Gasteiger partial charge on any atom is 0.00755 e. The molecule has 1 atom stereocenters. The predicted molar refractivity (Wildman–Crippen MR) is 85.1 cm³/mol. The minimum atomic E-state index is 0.267. The zero-order chi connectivity index (χ0) is 14.0. The maximum atomic E-state index is 6.14. The number of likely N-dealkylation sites (N-methyl/N-ethyl adjacent to an activating group) is 1. The SMILES string of the molecule is CN1CCC(c2ccc(C3(CN)CCCCC3)cc2)C1. The first-order valence-corrected chi connectivity index (χ1v) is 8.23. The summed E-state index contributed by atoms with van der Waals surface area (Å²) in [7, 11) is 2.22. The Morgan fingerprint density at radius 1 is 1.15 bits per heavy atom. The van der Waals surface area contributed by atoms with E-state index < -0.39 is 0 Å². The molecule has 0 amide bonds. The van der Waals surface area contributed by atoms with Crippen molar-refractivity contribution in [3.63, 3.8) is 0 Å². The zero-order valence-corrected chi connectivity index (χ0v) is 12.8. The van der Waals surface area contributed by atoms with Crippen LogP contribution in [0.4, 0.5) is 0 Å². The molecule has 3 rings (SSSR count). The molecule has 1 aromatic rings. The Hall–Kier alpha value is -0.860. The fraction of sp³-hybridized carbons (Fsp3) is 0.667. The smallest absolute Gasteiger partial charge is 0.00755 e. The van der Waals surface area contributed by atoms with Crippen LogP contribution in [0.2, 0.25) is 0 Å². The molecule has 1 unspecified atom stereocenters. The number of likely N-dealkylation sites (tertiary alicyclic amines) is 1. The second-order valence-electron chi connectivity index (χ2n) is 6.91. The van der Waals surface area contributed by atoms with Gasteiger partial charge >= 0.3 is 0 Å². The van der Waals surface area contributed by atoms with Crippen LogP contribution in [-0.4, -0.2) is 31.6 Å². The normalized spacial score (nSPS) is 26.8. The average Bonchev–Trinajstić information content (AvgIpc) is 2.95. The molecule has 0 radical (unpaired) electrons. The first-order chi connectivity index (χ1) is 9.73. The Labute approximate surface area is 123 Å². The lowest BCUT2D eigenvalue weighted by Gasteiger charge is -2.37. The van der Waals surface area contributed by atoms with Gasteiger partial charge in [-0.1, -0.05) is 43.5 Å². The molecular formula is C18H28N2. The summed E-state index contributed by atoms with van der Waals surface area (Å²) in [5.74, 6) is 0.731. The van der Waals surface area contributed by atoms with Gasteiger partial charge in [-0.05, 0) is 49.9 Å². The van der Waals surface area contributed by atoms with E-state index in [1.54, 1.807) is 0 Å². The van der Waals surface area contributed by atoms with Gasteiger partial charge in [-0.2, -0.15) is 0 Å². The summed E-state index contributed by atoms with van der Waals surface area (Å²) in [5.41, 5.74) is 9.41. The largest absolute Gasteiger partial charge is 0.330 e. The number of hydrogen-bond donors (Lipinski definition) is 1. The van der Waals surface area contributed by atoms with Gasteiger partial charge in [-0.25, -0.2) is 0 Å². The van der Waals surface area contributed by atoms with E-state index in [4.69, 9.17) is 5.73 Å². The predicted octanol–water partition coefficient (Wildman–Crippen LogP) is 3.27. The molecule has 2 N–H and O–H groups in total. The van der Waals surface area contributed by atoms with E-state index >= 15 is 0 Å². The number of benzene rings is 1. The molecule has 0 aromatic heterocycles. The molecule has 2 fully saturated rings. The molecule has 1 saturated heterocycles. The molecule has 1 aliphatic heterocycles. The molecule has 2 aliphatic rings. The first-order valence-electron chi connectivity index (χ1n) is 8.23. The molecule has 2 nitrogen and oxygen atoms in total. The van der Waals surface area contributed by atoms with Crippen LogP contribution in [0.15, 0.2) is 24.3 Å². The van der Waals surface area contributed by atoms with Crippen molar-refractivity contribution in [1.29, 1.82) is 0 Å². The Balaban J connectivity index is 1.78. The average molecular weight is 272 g/mol. The van der Waals surface area contributed by atoms with Crippen molar-refractivity contribution in [2.24, 2.45) is 5.73 Å². The fourth-order valence-corrected chi connectivity index (χ4v) is 4.16. The highest BCUT2D eigenvalue weighted by Crippen LogP contribution is 2.39. The number of rotatable bonds is 3. The van der Waals surface area contributed by atoms with Crippen molar-refractivity contribution in [3.05, 3.63) is 35.4 Å². The van der Waals surface area contributed by atoms with E-state index in [1.165, 1.54) is 62.7 Å². The lowest BCUT2D eigenvalue weighted by atomic mass is 9.69. The van der Waals surface area contributed by atoms with Gasteiger partial charge in [-0.15, -0.1) is 0 Å². The highest BCUT2D eigenvalue weighted by molar-refractivity contribution is 5.32. The van der Waals surface area contributed by atoms with Crippen LogP contribution in [0.25, 0.3) is 0 Å². The van der Waals surface area contributed by atoms with Crippen molar-refractivity contribution < 1.29 is 0 Å². The Morgan fingerprint density at radius 3 is 2.40 bits per heavy atom. The highest BCUT2D eigenvalue weighted by atomic mass is 15.1. The summed E-state index contributed by atoms with van der Waals surface area (Å²) in [6.45, 7) is 3.25. The van der Waals surface area contributed by atoms with Crippen molar-refractivity contribution in [2.45, 2.75) is 49.9 Å².